The van der Waals surface area contributed by atoms with Crippen LogP contribution in [0.3, 0.4) is 0 Å². The van der Waals surface area contributed by atoms with Crippen LogP contribution in [0.4, 0.5) is 0 Å². The van der Waals surface area contributed by atoms with Crippen LogP contribution in [0.5, 0.6) is 0 Å². The van der Waals surface area contributed by atoms with Crippen molar-refractivity contribution in [3.63, 3.8) is 0 Å². The first-order valence-corrected chi connectivity index (χ1v) is 8.81. The van der Waals surface area contributed by atoms with E-state index in [1.54, 1.807) is 0 Å². The molecular weight excluding hydrogens is 304 g/mol. The Bertz CT molecular complexity index is 620. The van der Waals surface area contributed by atoms with Crippen LogP contribution in [-0.4, -0.2) is 25.2 Å². The molecule has 134 valence electrons. The first-order valence-electron chi connectivity index (χ1n) is 10.8. The minimum atomic E-state index is -0.929. The summed E-state index contributed by atoms with van der Waals surface area (Å²) in [7, 11) is 0. The van der Waals surface area contributed by atoms with Gasteiger partial charge in [-0.25, -0.2) is 9.59 Å². The number of carbonyl (C=O) groups excluding carboxylic acids is 2. The Morgan fingerprint density at radius 3 is 1.58 bits per heavy atom. The fourth-order valence-corrected chi connectivity index (χ4v) is 2.15. The van der Waals surface area contributed by atoms with Crippen LogP contribution in [0.15, 0.2) is 24.2 Å². The van der Waals surface area contributed by atoms with Crippen LogP contribution < -0.4 is 0 Å². The standard InChI is InChI=1S/C20H30O4/c1-3-5-7-11-15-23-19(21)17-13-9-10-14-18(17)20(22)24-16-12-8-6-4-2/h9-10,13-14H,3-8,11-12,15-16H2,1-2H3/i9D,10D,13D,14D. The molecule has 0 N–H and O–H groups in total. The van der Waals surface area contributed by atoms with Gasteiger partial charge < -0.3 is 9.47 Å². The fraction of sp³-hybridized carbons (Fsp3) is 0.600. The number of carbonyl (C=O) groups is 2. The fourth-order valence-electron chi connectivity index (χ4n) is 2.15. The van der Waals surface area contributed by atoms with Gasteiger partial charge in [0.15, 0.2) is 0 Å². The van der Waals surface area contributed by atoms with Crippen LogP contribution in [-0.2, 0) is 9.47 Å². The number of hydrogen-bond acceptors (Lipinski definition) is 4. The van der Waals surface area contributed by atoms with Crippen molar-refractivity contribution in [1.82, 2.24) is 0 Å². The number of esters is 2. The molecule has 0 aromatic heterocycles. The molecule has 0 bridgehead atoms. The van der Waals surface area contributed by atoms with Gasteiger partial charge in [-0.15, -0.1) is 0 Å². The maximum absolute atomic E-state index is 12.5. The summed E-state index contributed by atoms with van der Waals surface area (Å²) in [6, 6.07) is -2.33. The van der Waals surface area contributed by atoms with Gasteiger partial charge in [-0.05, 0) is 24.9 Å². The Morgan fingerprint density at radius 2 is 1.21 bits per heavy atom. The number of benzene rings is 1. The minimum Gasteiger partial charge on any atom is -0.462 e. The SMILES string of the molecule is [2H]c1c([2H])c([2H])c(C(=O)OCCCCCC)c(C(=O)OCCCCCC)c1[2H]. The highest BCUT2D eigenvalue weighted by Crippen LogP contribution is 2.13. The molecule has 1 aromatic carbocycles. The van der Waals surface area contributed by atoms with Gasteiger partial charge in [-0.2, -0.15) is 0 Å². The Balaban J connectivity index is 3.00. The summed E-state index contributed by atoms with van der Waals surface area (Å²) in [6.07, 6.45) is 7.19. The van der Waals surface area contributed by atoms with Crippen molar-refractivity contribution in [1.29, 1.82) is 0 Å². The van der Waals surface area contributed by atoms with Crippen molar-refractivity contribution < 1.29 is 24.5 Å². The largest absolute Gasteiger partial charge is 0.462 e. The van der Waals surface area contributed by atoms with E-state index in [0.29, 0.717) is 12.8 Å². The Labute approximate surface area is 151 Å². The molecule has 0 heterocycles. The molecule has 0 aliphatic heterocycles. The average Bonchev–Trinajstić information content (AvgIpc) is 2.68. The molecule has 24 heavy (non-hydrogen) atoms. The molecule has 0 fully saturated rings. The van der Waals surface area contributed by atoms with Crippen LogP contribution >= 0.6 is 0 Å². The highest BCUT2D eigenvalue weighted by molar-refractivity contribution is 6.03. The summed E-state index contributed by atoms with van der Waals surface area (Å²) in [5, 5.41) is 0. The lowest BCUT2D eigenvalue weighted by Gasteiger charge is -2.10. The highest BCUT2D eigenvalue weighted by Gasteiger charge is 2.18. The van der Waals surface area contributed by atoms with Gasteiger partial charge in [-0.3, -0.25) is 0 Å². The first-order chi connectivity index (χ1) is 13.4. The van der Waals surface area contributed by atoms with Crippen molar-refractivity contribution in [3.05, 3.63) is 35.3 Å². The van der Waals surface area contributed by atoms with Crippen molar-refractivity contribution in [2.75, 3.05) is 13.2 Å². The van der Waals surface area contributed by atoms with Crippen molar-refractivity contribution in [2.45, 2.75) is 65.2 Å². The van der Waals surface area contributed by atoms with Crippen molar-refractivity contribution in [3.8, 4) is 0 Å². The molecule has 0 aliphatic rings. The maximum Gasteiger partial charge on any atom is 0.339 e. The third-order valence-electron chi connectivity index (χ3n) is 3.56. The number of unbranched alkanes of at least 4 members (excludes halogenated alkanes) is 6. The van der Waals surface area contributed by atoms with Crippen LogP contribution in [0, 0.1) is 0 Å². The third-order valence-corrected chi connectivity index (χ3v) is 3.56. The van der Waals surface area contributed by atoms with Crippen molar-refractivity contribution in [2.24, 2.45) is 0 Å². The van der Waals surface area contributed by atoms with E-state index in [-0.39, 0.29) is 13.2 Å². The Kier molecular flexibility index (Phi) is 7.59. The Morgan fingerprint density at radius 1 is 0.792 bits per heavy atom. The molecule has 0 saturated carbocycles. The summed E-state index contributed by atoms with van der Waals surface area (Å²) >= 11 is 0. The second-order valence-electron chi connectivity index (χ2n) is 5.64. The summed E-state index contributed by atoms with van der Waals surface area (Å²) in [5.74, 6) is -1.86. The van der Waals surface area contributed by atoms with E-state index in [1.807, 2.05) is 0 Å². The zero-order valence-electron chi connectivity index (χ0n) is 18.7. The minimum absolute atomic E-state index is 0.132. The number of ether oxygens (including phenoxy) is 2. The second-order valence-corrected chi connectivity index (χ2v) is 5.64. The molecule has 4 nitrogen and oxygen atoms in total. The van der Waals surface area contributed by atoms with E-state index >= 15 is 0 Å². The van der Waals surface area contributed by atoms with Gasteiger partial charge >= 0.3 is 11.9 Å². The molecule has 0 unspecified atom stereocenters. The molecule has 0 aliphatic carbocycles. The van der Waals surface area contributed by atoms with Gasteiger partial charge in [0.25, 0.3) is 0 Å². The smallest absolute Gasteiger partial charge is 0.339 e. The maximum atomic E-state index is 12.5. The first kappa shape index (κ1) is 14.5. The van der Waals surface area contributed by atoms with Crippen LogP contribution in [0.1, 0.15) is 91.4 Å². The van der Waals surface area contributed by atoms with E-state index in [4.69, 9.17) is 15.0 Å². The van der Waals surface area contributed by atoms with E-state index in [2.05, 4.69) is 13.8 Å². The van der Waals surface area contributed by atoms with Gasteiger partial charge in [0.05, 0.1) is 29.8 Å². The monoisotopic (exact) mass is 338 g/mol. The molecule has 1 rings (SSSR count). The molecular formula is C20H30O4. The van der Waals surface area contributed by atoms with Crippen LogP contribution in [0.25, 0.3) is 0 Å². The Hall–Kier alpha value is -1.84. The summed E-state index contributed by atoms with van der Waals surface area (Å²) in [6.45, 7) is 4.39. The summed E-state index contributed by atoms with van der Waals surface area (Å²) in [4.78, 5) is 25.0. The predicted molar refractivity (Wildman–Crippen MR) is 95.3 cm³/mol. The third kappa shape index (κ3) is 7.62. The zero-order chi connectivity index (χ0) is 21.1. The lowest BCUT2D eigenvalue weighted by atomic mass is 10.1. The van der Waals surface area contributed by atoms with Gasteiger partial charge in [0, 0.05) is 0 Å². The molecule has 0 saturated heterocycles. The lowest BCUT2D eigenvalue weighted by molar-refractivity contribution is 0.0450. The quantitative estimate of drug-likeness (QED) is 0.390. The number of rotatable bonds is 12. The van der Waals surface area contributed by atoms with Gasteiger partial charge in [0.1, 0.15) is 0 Å². The van der Waals surface area contributed by atoms with Crippen LogP contribution in [0.2, 0.25) is 0 Å². The van der Waals surface area contributed by atoms with Crippen molar-refractivity contribution >= 4 is 11.9 Å². The molecule has 1 aromatic rings. The molecule has 4 heteroatoms. The predicted octanol–water partition coefficient (Wildman–Crippen LogP) is 5.16. The molecule has 0 amide bonds. The lowest BCUT2D eigenvalue weighted by Crippen LogP contribution is -2.15. The van der Waals surface area contributed by atoms with E-state index in [1.165, 1.54) is 0 Å². The van der Waals surface area contributed by atoms with E-state index < -0.39 is 47.2 Å². The highest BCUT2D eigenvalue weighted by atomic mass is 16.5. The van der Waals surface area contributed by atoms with Gasteiger partial charge in [0.2, 0.25) is 0 Å². The second kappa shape index (κ2) is 12.6. The average molecular weight is 338 g/mol. The van der Waals surface area contributed by atoms with E-state index in [9.17, 15) is 9.59 Å². The normalized spacial score (nSPS) is 12.8. The topological polar surface area (TPSA) is 52.6 Å². The summed E-state index contributed by atoms with van der Waals surface area (Å²) < 4.78 is 41.9. The zero-order valence-corrected chi connectivity index (χ0v) is 14.7. The molecule has 0 radical (unpaired) electrons. The molecule has 0 atom stereocenters. The number of hydrogen-bond donors (Lipinski definition) is 0. The summed E-state index contributed by atoms with van der Waals surface area (Å²) in [5.41, 5.74) is -0.917. The molecule has 0 spiro atoms. The van der Waals surface area contributed by atoms with Gasteiger partial charge in [-0.1, -0.05) is 64.5 Å². The van der Waals surface area contributed by atoms with E-state index in [0.717, 1.165) is 38.5 Å².